The molecule has 0 fully saturated rings. The third-order valence-electron chi connectivity index (χ3n) is 2.92. The first kappa shape index (κ1) is 16.6. The van der Waals surface area contributed by atoms with E-state index in [2.05, 4.69) is 12.2 Å². The summed E-state index contributed by atoms with van der Waals surface area (Å²) in [6.07, 6.45) is 1.21. The van der Waals surface area contributed by atoms with Gasteiger partial charge in [0, 0.05) is 12.5 Å². The minimum absolute atomic E-state index is 0.326. The van der Waals surface area contributed by atoms with Crippen molar-refractivity contribution >= 4 is 0 Å². The van der Waals surface area contributed by atoms with E-state index in [9.17, 15) is 4.39 Å². The average molecular weight is 285 g/mol. The number of rotatable bonds is 10. The second-order valence-corrected chi connectivity index (χ2v) is 4.31. The molecular weight excluding hydrogens is 261 g/mol. The average Bonchev–Trinajstić information content (AvgIpc) is 2.48. The van der Waals surface area contributed by atoms with Gasteiger partial charge in [-0.25, -0.2) is 0 Å². The molecule has 0 amide bonds. The van der Waals surface area contributed by atoms with Crippen LogP contribution in [-0.2, 0) is 6.42 Å². The first-order valence-corrected chi connectivity index (χ1v) is 6.91. The molecule has 0 atom stereocenters. The maximum Gasteiger partial charge on any atom is 0.164 e. The molecule has 0 heterocycles. The fraction of sp³-hybridized carbons (Fsp3) is 0.600. The van der Waals surface area contributed by atoms with Crippen LogP contribution in [0.2, 0.25) is 0 Å². The monoisotopic (exact) mass is 285 g/mol. The molecule has 0 unspecified atom stereocenters. The van der Waals surface area contributed by atoms with Crippen LogP contribution in [-0.4, -0.2) is 40.6 Å². The number of halogens is 1. The Morgan fingerprint density at radius 3 is 2.45 bits per heavy atom. The molecule has 1 aromatic carbocycles. The minimum Gasteiger partial charge on any atom is -0.496 e. The molecule has 0 aliphatic heterocycles. The minimum atomic E-state index is -0.389. The van der Waals surface area contributed by atoms with Crippen LogP contribution in [0.15, 0.2) is 12.1 Å². The Morgan fingerprint density at radius 1 is 1.10 bits per heavy atom. The van der Waals surface area contributed by atoms with Crippen molar-refractivity contribution in [3.05, 3.63) is 17.7 Å². The number of alkyl halides is 1. The molecule has 4 nitrogen and oxygen atoms in total. The highest BCUT2D eigenvalue weighted by molar-refractivity contribution is 5.50. The van der Waals surface area contributed by atoms with Crippen molar-refractivity contribution in [2.75, 3.05) is 40.6 Å². The Morgan fingerprint density at radius 2 is 1.85 bits per heavy atom. The van der Waals surface area contributed by atoms with Crippen molar-refractivity contribution in [1.29, 1.82) is 0 Å². The van der Waals surface area contributed by atoms with E-state index < -0.39 is 0 Å². The fourth-order valence-electron chi connectivity index (χ4n) is 1.88. The van der Waals surface area contributed by atoms with Gasteiger partial charge in [0.05, 0.1) is 27.5 Å². The van der Waals surface area contributed by atoms with Gasteiger partial charge in [0.1, 0.15) is 5.75 Å². The molecule has 0 saturated heterocycles. The molecule has 0 saturated carbocycles. The standard InChI is InChI=1S/C15H24FNO3/c1-4-17-8-6-12-10-14(19-3)15(11-13(12)18-2)20-9-5-7-16/h10-11,17H,4-9H2,1-3H3. The molecule has 0 aromatic heterocycles. The number of likely N-dealkylation sites (N-methyl/N-ethyl adjacent to an activating group) is 1. The molecule has 1 rings (SSSR count). The number of nitrogens with one attached hydrogen (secondary N) is 1. The van der Waals surface area contributed by atoms with Gasteiger partial charge in [-0.1, -0.05) is 6.92 Å². The number of ether oxygens (including phenoxy) is 3. The van der Waals surface area contributed by atoms with Gasteiger partial charge in [0.25, 0.3) is 0 Å². The molecule has 114 valence electrons. The second-order valence-electron chi connectivity index (χ2n) is 4.31. The van der Waals surface area contributed by atoms with E-state index in [0.29, 0.717) is 24.5 Å². The van der Waals surface area contributed by atoms with Crippen LogP contribution < -0.4 is 19.5 Å². The van der Waals surface area contributed by atoms with Gasteiger partial charge in [-0.15, -0.1) is 0 Å². The van der Waals surface area contributed by atoms with Gasteiger partial charge in [0.15, 0.2) is 11.5 Å². The van der Waals surface area contributed by atoms with E-state index in [1.165, 1.54) is 0 Å². The van der Waals surface area contributed by atoms with Crippen LogP contribution in [0.25, 0.3) is 0 Å². The first-order chi connectivity index (χ1) is 9.76. The van der Waals surface area contributed by atoms with Gasteiger partial charge >= 0.3 is 0 Å². The number of hydrogen-bond donors (Lipinski definition) is 1. The highest BCUT2D eigenvalue weighted by Crippen LogP contribution is 2.35. The van der Waals surface area contributed by atoms with E-state index in [1.807, 2.05) is 6.07 Å². The Bertz CT molecular complexity index is 361. The summed E-state index contributed by atoms with van der Waals surface area (Å²) in [5.41, 5.74) is 1.06. The summed E-state index contributed by atoms with van der Waals surface area (Å²) in [5, 5.41) is 3.27. The number of benzene rings is 1. The van der Waals surface area contributed by atoms with Crippen LogP contribution in [0.1, 0.15) is 18.9 Å². The van der Waals surface area contributed by atoms with Gasteiger partial charge in [-0.3, -0.25) is 4.39 Å². The van der Waals surface area contributed by atoms with Crippen LogP contribution in [0, 0.1) is 0 Å². The third kappa shape index (κ3) is 4.89. The quantitative estimate of drug-likeness (QED) is 0.671. The Hall–Kier alpha value is -1.49. The maximum atomic E-state index is 12.1. The van der Waals surface area contributed by atoms with Gasteiger partial charge in [-0.2, -0.15) is 0 Å². The number of methoxy groups -OCH3 is 2. The summed E-state index contributed by atoms with van der Waals surface area (Å²) >= 11 is 0. The van der Waals surface area contributed by atoms with Crippen molar-refractivity contribution in [3.8, 4) is 17.2 Å². The normalized spacial score (nSPS) is 10.4. The Kier molecular flexibility index (Phi) is 7.80. The lowest BCUT2D eigenvalue weighted by Crippen LogP contribution is -2.16. The second kappa shape index (κ2) is 9.42. The van der Waals surface area contributed by atoms with Crippen LogP contribution in [0.3, 0.4) is 0 Å². The zero-order valence-electron chi connectivity index (χ0n) is 12.5. The van der Waals surface area contributed by atoms with Crippen molar-refractivity contribution in [2.45, 2.75) is 19.8 Å². The van der Waals surface area contributed by atoms with Gasteiger partial charge < -0.3 is 19.5 Å². The smallest absolute Gasteiger partial charge is 0.164 e. The zero-order chi connectivity index (χ0) is 14.8. The van der Waals surface area contributed by atoms with Crippen LogP contribution >= 0.6 is 0 Å². The van der Waals surface area contributed by atoms with Crippen molar-refractivity contribution in [2.24, 2.45) is 0 Å². The maximum absolute atomic E-state index is 12.1. The molecule has 20 heavy (non-hydrogen) atoms. The molecule has 0 aliphatic rings. The third-order valence-corrected chi connectivity index (χ3v) is 2.92. The summed E-state index contributed by atoms with van der Waals surface area (Å²) in [6.45, 7) is 3.81. The lowest BCUT2D eigenvalue weighted by atomic mass is 10.1. The van der Waals surface area contributed by atoms with Crippen LogP contribution in [0.5, 0.6) is 17.2 Å². The Labute approximate surface area is 120 Å². The van der Waals surface area contributed by atoms with E-state index in [1.54, 1.807) is 20.3 Å². The summed E-state index contributed by atoms with van der Waals surface area (Å²) < 4.78 is 28.4. The molecule has 5 heteroatoms. The van der Waals surface area contributed by atoms with E-state index in [-0.39, 0.29) is 6.67 Å². The molecule has 1 N–H and O–H groups in total. The van der Waals surface area contributed by atoms with Gasteiger partial charge in [-0.05, 0) is 31.1 Å². The first-order valence-electron chi connectivity index (χ1n) is 6.91. The predicted molar refractivity (Wildman–Crippen MR) is 77.9 cm³/mol. The van der Waals surface area contributed by atoms with Crippen LogP contribution in [0.4, 0.5) is 4.39 Å². The molecule has 0 spiro atoms. The highest BCUT2D eigenvalue weighted by atomic mass is 19.1. The molecular formula is C15H24FNO3. The summed E-state index contributed by atoms with van der Waals surface area (Å²) in [5.74, 6) is 2.00. The zero-order valence-corrected chi connectivity index (χ0v) is 12.5. The topological polar surface area (TPSA) is 39.7 Å². The largest absolute Gasteiger partial charge is 0.496 e. The molecule has 0 radical (unpaired) electrons. The van der Waals surface area contributed by atoms with Crippen molar-refractivity contribution < 1.29 is 18.6 Å². The summed E-state index contributed by atoms with van der Waals surface area (Å²) in [7, 11) is 3.22. The lowest BCUT2D eigenvalue weighted by molar-refractivity contribution is 0.271. The molecule has 0 bridgehead atoms. The van der Waals surface area contributed by atoms with Crippen molar-refractivity contribution in [1.82, 2.24) is 5.32 Å². The SMILES string of the molecule is CCNCCc1cc(OC)c(OCCCF)cc1OC. The fourth-order valence-corrected chi connectivity index (χ4v) is 1.88. The molecule has 1 aromatic rings. The van der Waals surface area contributed by atoms with E-state index in [4.69, 9.17) is 14.2 Å². The highest BCUT2D eigenvalue weighted by Gasteiger charge is 2.12. The van der Waals surface area contributed by atoms with Gasteiger partial charge in [0.2, 0.25) is 0 Å². The summed E-state index contributed by atoms with van der Waals surface area (Å²) in [4.78, 5) is 0. The predicted octanol–water partition coefficient (Wildman–Crippen LogP) is 2.59. The molecule has 0 aliphatic carbocycles. The van der Waals surface area contributed by atoms with E-state index in [0.717, 1.165) is 30.8 Å². The Balaban J connectivity index is 2.85. The summed E-state index contributed by atoms with van der Waals surface area (Å²) in [6, 6.07) is 3.72. The lowest BCUT2D eigenvalue weighted by Gasteiger charge is -2.15. The number of hydrogen-bond acceptors (Lipinski definition) is 4. The van der Waals surface area contributed by atoms with E-state index >= 15 is 0 Å². The van der Waals surface area contributed by atoms with Crippen molar-refractivity contribution in [3.63, 3.8) is 0 Å².